The van der Waals surface area contributed by atoms with Crippen LogP contribution < -0.4 is 31.9 Å². The number of aromatic nitrogens is 4. The fourth-order valence-corrected chi connectivity index (χ4v) is 5.54. The number of carbonyl (C=O) groups excluding carboxylic acids is 2. The molecule has 1 aliphatic heterocycles. The Labute approximate surface area is 262 Å². The zero-order valence-electron chi connectivity index (χ0n) is 24.1. The molecule has 1 atom stereocenters. The molecule has 0 saturated carbocycles. The maximum atomic E-state index is 13.0. The van der Waals surface area contributed by atoms with E-state index in [1.807, 2.05) is 24.3 Å². The highest BCUT2D eigenvalue weighted by Crippen LogP contribution is 2.41. The van der Waals surface area contributed by atoms with E-state index in [9.17, 15) is 19.2 Å². The summed E-state index contributed by atoms with van der Waals surface area (Å²) in [4.78, 5) is 53.6. The van der Waals surface area contributed by atoms with Gasteiger partial charge in [-0.05, 0) is 18.6 Å². The van der Waals surface area contributed by atoms with Crippen LogP contribution in [0.5, 0.6) is 5.88 Å². The number of anilines is 1. The molecule has 0 bridgehead atoms. The number of nitrogens with zero attached hydrogens (tertiary/aromatic N) is 4. The molecule has 14 heteroatoms. The van der Waals surface area contributed by atoms with Gasteiger partial charge in [0.1, 0.15) is 0 Å². The summed E-state index contributed by atoms with van der Waals surface area (Å²) >= 11 is 13.7. The Hall–Kier alpha value is -4.52. The van der Waals surface area contributed by atoms with E-state index in [1.165, 1.54) is 14.1 Å². The van der Waals surface area contributed by atoms with Crippen molar-refractivity contribution in [1.82, 2.24) is 30.0 Å². The highest BCUT2D eigenvalue weighted by Gasteiger charge is 2.22. The average molecular weight is 639 g/mol. The summed E-state index contributed by atoms with van der Waals surface area (Å²) in [6.07, 6.45) is 1.35. The van der Waals surface area contributed by atoms with Crippen LogP contribution in [0, 0.1) is 0 Å². The van der Waals surface area contributed by atoms with Gasteiger partial charge in [0.05, 0.1) is 28.5 Å². The number of aryl methyl sites for hydroxylation is 1. The number of hydrogen-bond acceptors (Lipinski definition) is 8. The number of methoxy groups -OCH3 is 1. The third kappa shape index (κ3) is 6.23. The van der Waals surface area contributed by atoms with Crippen LogP contribution >= 0.6 is 23.2 Å². The van der Waals surface area contributed by atoms with E-state index in [4.69, 9.17) is 32.9 Å². The van der Waals surface area contributed by atoms with Gasteiger partial charge in [-0.2, -0.15) is 5.10 Å². The van der Waals surface area contributed by atoms with Crippen LogP contribution in [-0.2, 0) is 25.4 Å². The highest BCUT2D eigenvalue weighted by molar-refractivity contribution is 6.39. The topological polar surface area (TPSA) is 149 Å². The third-order valence-corrected chi connectivity index (χ3v) is 8.09. The molecule has 3 N–H and O–H groups in total. The summed E-state index contributed by atoms with van der Waals surface area (Å²) in [5.74, 6) is -0.310. The van der Waals surface area contributed by atoms with Gasteiger partial charge in [-0.15, -0.1) is 0 Å². The van der Waals surface area contributed by atoms with Crippen LogP contribution in [-0.4, -0.2) is 50.8 Å². The van der Waals surface area contributed by atoms with Crippen molar-refractivity contribution in [2.24, 2.45) is 14.1 Å². The first-order valence-electron chi connectivity index (χ1n) is 13.7. The first kappa shape index (κ1) is 30.9. The number of amides is 2. The lowest BCUT2D eigenvalue weighted by Crippen LogP contribution is -2.43. The zero-order valence-corrected chi connectivity index (χ0v) is 25.6. The Bertz CT molecular complexity index is 1890. The maximum Gasteiger partial charge on any atom is 0.346 e. The largest absolute Gasteiger partial charge is 0.481 e. The predicted octanol–water partition coefficient (Wildman–Crippen LogP) is 3.14. The van der Waals surface area contributed by atoms with Crippen molar-refractivity contribution in [2.75, 3.05) is 19.0 Å². The molecular weight excluding hydrogens is 609 g/mol. The van der Waals surface area contributed by atoms with E-state index < -0.39 is 22.9 Å². The molecule has 2 amide bonds. The number of nitrogens with one attached hydrogen (secondary N) is 3. The van der Waals surface area contributed by atoms with Crippen molar-refractivity contribution < 1.29 is 14.3 Å². The molecule has 44 heavy (non-hydrogen) atoms. The molecule has 4 aromatic rings. The number of carbonyl (C=O) groups is 2. The summed E-state index contributed by atoms with van der Waals surface area (Å²) < 4.78 is 7.27. The second kappa shape index (κ2) is 13.0. The second-order valence-electron chi connectivity index (χ2n) is 10.2. The van der Waals surface area contributed by atoms with Gasteiger partial charge in [-0.1, -0.05) is 59.6 Å². The predicted molar refractivity (Wildman–Crippen MR) is 167 cm³/mol. The van der Waals surface area contributed by atoms with Gasteiger partial charge < -0.3 is 20.7 Å². The summed E-state index contributed by atoms with van der Waals surface area (Å²) in [7, 11) is 4.15. The van der Waals surface area contributed by atoms with E-state index in [-0.39, 0.29) is 22.7 Å². The summed E-state index contributed by atoms with van der Waals surface area (Å²) in [5.41, 5.74) is 1.47. The monoisotopic (exact) mass is 637 g/mol. The Morgan fingerprint density at radius 2 is 1.73 bits per heavy atom. The number of benzene rings is 2. The van der Waals surface area contributed by atoms with Crippen LogP contribution in [0.1, 0.15) is 28.9 Å². The number of halogens is 2. The van der Waals surface area contributed by atoms with Gasteiger partial charge in [-0.25, -0.2) is 14.5 Å². The first-order valence-corrected chi connectivity index (χ1v) is 14.4. The van der Waals surface area contributed by atoms with E-state index >= 15 is 0 Å². The van der Waals surface area contributed by atoms with Crippen molar-refractivity contribution in [3.63, 3.8) is 0 Å². The standard InChI is InChI=1S/C30H29Cl2N7O5/c1-38-29(42)26(37-39(2)30(38)43)27(41)35-22-9-5-7-19(25(22)32)18-6-4-8-20(24(18)31)21-12-10-16(28(36-21)44-3)14-33-15-17-11-13-23(40)34-17/h4-10,12,17,33H,11,13-15H2,1-3H3,(H,34,40)(H,35,41). The number of rotatable bonds is 9. The molecule has 0 radical (unpaired) electrons. The van der Waals surface area contributed by atoms with Gasteiger partial charge >= 0.3 is 5.69 Å². The van der Waals surface area contributed by atoms with Crippen molar-refractivity contribution >= 4 is 40.7 Å². The van der Waals surface area contributed by atoms with Crippen LogP contribution in [0.4, 0.5) is 5.69 Å². The molecule has 0 spiro atoms. The van der Waals surface area contributed by atoms with E-state index in [2.05, 4.69) is 21.0 Å². The van der Waals surface area contributed by atoms with Gasteiger partial charge in [0, 0.05) is 61.9 Å². The molecule has 3 heterocycles. The minimum atomic E-state index is -0.833. The molecule has 2 aromatic carbocycles. The van der Waals surface area contributed by atoms with Crippen molar-refractivity contribution in [1.29, 1.82) is 0 Å². The Morgan fingerprint density at radius 3 is 2.43 bits per heavy atom. The van der Waals surface area contributed by atoms with Crippen LogP contribution in [0.25, 0.3) is 22.4 Å². The number of hydrogen-bond donors (Lipinski definition) is 3. The summed E-state index contributed by atoms with van der Waals surface area (Å²) in [5, 5.41) is 13.3. The van der Waals surface area contributed by atoms with Crippen LogP contribution in [0.15, 0.2) is 58.1 Å². The van der Waals surface area contributed by atoms with Crippen molar-refractivity contribution in [2.45, 2.75) is 25.4 Å². The lowest BCUT2D eigenvalue weighted by molar-refractivity contribution is -0.119. The summed E-state index contributed by atoms with van der Waals surface area (Å²) in [6.45, 7) is 1.15. The number of ether oxygens (including phenoxy) is 1. The van der Waals surface area contributed by atoms with Gasteiger partial charge in [-0.3, -0.25) is 19.0 Å². The van der Waals surface area contributed by atoms with Gasteiger partial charge in [0.2, 0.25) is 17.5 Å². The average Bonchev–Trinajstić information content (AvgIpc) is 3.44. The fourth-order valence-electron chi connectivity index (χ4n) is 4.94. The molecule has 1 fully saturated rings. The quantitative estimate of drug-likeness (QED) is 0.253. The van der Waals surface area contributed by atoms with Crippen LogP contribution in [0.2, 0.25) is 10.0 Å². The second-order valence-corrected chi connectivity index (χ2v) is 11.0. The maximum absolute atomic E-state index is 13.0. The van der Waals surface area contributed by atoms with E-state index in [0.29, 0.717) is 52.8 Å². The molecule has 5 rings (SSSR count). The molecule has 0 aliphatic carbocycles. The van der Waals surface area contributed by atoms with Crippen molar-refractivity contribution in [3.8, 4) is 28.3 Å². The number of pyridine rings is 1. The Kier molecular flexibility index (Phi) is 9.14. The lowest BCUT2D eigenvalue weighted by Gasteiger charge is -2.16. The molecule has 1 unspecified atom stereocenters. The van der Waals surface area contributed by atoms with Gasteiger partial charge in [0.15, 0.2) is 0 Å². The minimum Gasteiger partial charge on any atom is -0.481 e. The minimum absolute atomic E-state index is 0.0722. The Balaban J connectivity index is 1.40. The Morgan fingerprint density at radius 1 is 1.02 bits per heavy atom. The van der Waals surface area contributed by atoms with Gasteiger partial charge in [0.25, 0.3) is 11.5 Å². The first-order chi connectivity index (χ1) is 21.1. The van der Waals surface area contributed by atoms with Crippen molar-refractivity contribution in [3.05, 3.63) is 90.7 Å². The molecule has 1 aliphatic rings. The molecule has 228 valence electrons. The zero-order chi connectivity index (χ0) is 31.5. The fraction of sp³-hybridized carbons (Fsp3) is 0.267. The van der Waals surface area contributed by atoms with E-state index in [1.54, 1.807) is 31.4 Å². The summed E-state index contributed by atoms with van der Waals surface area (Å²) in [6, 6.07) is 14.3. The highest BCUT2D eigenvalue weighted by atomic mass is 35.5. The molecule has 1 saturated heterocycles. The van der Waals surface area contributed by atoms with Crippen LogP contribution in [0.3, 0.4) is 0 Å². The van der Waals surface area contributed by atoms with E-state index in [0.717, 1.165) is 21.2 Å². The smallest absolute Gasteiger partial charge is 0.346 e. The molecular formula is C30H29Cl2N7O5. The third-order valence-electron chi connectivity index (χ3n) is 7.27. The normalized spacial score (nSPS) is 14.4. The lowest BCUT2D eigenvalue weighted by atomic mass is 10.00. The SMILES string of the molecule is COc1nc(-c2cccc(-c3cccc(NC(=O)c4nn(C)c(=O)n(C)c4=O)c3Cl)c2Cl)ccc1CNCC1CCC(=O)N1. The molecule has 12 nitrogen and oxygen atoms in total. The molecule has 2 aromatic heterocycles.